The molecular formula is C22H40Na2O7S2. The van der Waals surface area contributed by atoms with Gasteiger partial charge in [-0.1, -0.05) is 103 Å². The third-order valence-electron chi connectivity index (χ3n) is 5.05. The average Bonchev–Trinajstić information content (AvgIpc) is 2.70. The molecule has 0 saturated carbocycles. The molecule has 0 fully saturated rings. The van der Waals surface area contributed by atoms with E-state index in [1.54, 1.807) is 0 Å². The largest absolute Gasteiger partial charge is 1.00 e. The Morgan fingerprint density at radius 1 is 0.727 bits per heavy atom. The maximum absolute atomic E-state index is 12.3. The maximum atomic E-state index is 12.3. The van der Waals surface area contributed by atoms with Crippen molar-refractivity contribution in [2.45, 2.75) is 102 Å². The smallest absolute Gasteiger partial charge is 1.00 e. The molecule has 0 aliphatic rings. The summed E-state index contributed by atoms with van der Waals surface area (Å²) in [7, 11) is -9.01. The van der Waals surface area contributed by atoms with E-state index >= 15 is 0 Å². The van der Waals surface area contributed by atoms with Gasteiger partial charge in [-0.15, -0.1) is 0 Å². The van der Waals surface area contributed by atoms with Crippen LogP contribution in [0.15, 0.2) is 29.2 Å². The molecule has 0 aliphatic carbocycles. The minimum absolute atomic E-state index is 0. The Balaban J connectivity index is -0.00000120. The van der Waals surface area contributed by atoms with Crippen molar-refractivity contribution >= 4 is 20.5 Å². The fourth-order valence-corrected chi connectivity index (χ4v) is 4.86. The van der Waals surface area contributed by atoms with Crippen LogP contribution in [0.5, 0.6) is 5.75 Å². The van der Waals surface area contributed by atoms with Crippen molar-refractivity contribution in [3.8, 4) is 5.75 Å². The maximum Gasteiger partial charge on any atom is 1.00 e. The predicted octanol–water partition coefficient (Wildman–Crippen LogP) is 0.288. The van der Waals surface area contributed by atoms with Gasteiger partial charge in [-0.2, -0.15) is 16.8 Å². The van der Waals surface area contributed by atoms with E-state index in [1.807, 2.05) is 0 Å². The van der Waals surface area contributed by atoms with E-state index in [-0.39, 0.29) is 68.6 Å². The molecular weight excluding hydrogens is 486 g/mol. The van der Waals surface area contributed by atoms with Crippen LogP contribution in [0.2, 0.25) is 0 Å². The summed E-state index contributed by atoms with van der Waals surface area (Å²) in [5.74, 6) is -0.494. The monoisotopic (exact) mass is 526 g/mol. The molecule has 1 aromatic carbocycles. The van der Waals surface area contributed by atoms with Crippen LogP contribution in [-0.2, 0) is 24.7 Å². The van der Waals surface area contributed by atoms with Gasteiger partial charge in [0.05, 0.1) is 6.61 Å². The SMILES string of the molecule is CCCCCCCCCCCCCCCCOS(=O)(=O)c1ccccc1OS(=O)(=O)O.[H-].[H-].[Na+].[Na+]. The van der Waals surface area contributed by atoms with E-state index in [1.165, 1.54) is 82.4 Å². The summed E-state index contributed by atoms with van der Waals surface area (Å²) in [5, 5.41) is 0. The van der Waals surface area contributed by atoms with Gasteiger partial charge in [-0.25, -0.2) is 0 Å². The van der Waals surface area contributed by atoms with Crippen molar-refractivity contribution in [1.82, 2.24) is 0 Å². The van der Waals surface area contributed by atoms with Crippen LogP contribution in [-0.4, -0.2) is 28.0 Å². The molecule has 0 radical (unpaired) electrons. The zero-order chi connectivity index (χ0) is 23.0. The molecule has 0 bridgehead atoms. The number of rotatable bonds is 19. The van der Waals surface area contributed by atoms with Gasteiger partial charge in [0.2, 0.25) is 0 Å². The van der Waals surface area contributed by atoms with Crippen molar-refractivity contribution in [1.29, 1.82) is 0 Å². The Hall–Kier alpha value is 0.840. The Morgan fingerprint density at radius 3 is 1.61 bits per heavy atom. The Bertz CT molecular complexity index is 827. The van der Waals surface area contributed by atoms with Crippen molar-refractivity contribution in [3.05, 3.63) is 24.3 Å². The quantitative estimate of drug-likeness (QED) is 0.120. The second-order valence-corrected chi connectivity index (χ2v) is 10.4. The van der Waals surface area contributed by atoms with Crippen LogP contribution in [0.3, 0.4) is 0 Å². The summed E-state index contributed by atoms with van der Waals surface area (Å²) in [6.07, 6.45) is 16.8. The van der Waals surface area contributed by atoms with Gasteiger partial charge >= 0.3 is 79.6 Å². The zero-order valence-corrected chi connectivity index (χ0v) is 26.3. The van der Waals surface area contributed by atoms with Gasteiger partial charge in [0.1, 0.15) is 4.90 Å². The number of benzene rings is 1. The molecule has 1 N–H and O–H groups in total. The van der Waals surface area contributed by atoms with Crippen LogP contribution < -0.4 is 63.3 Å². The first-order valence-electron chi connectivity index (χ1n) is 11.4. The fourth-order valence-electron chi connectivity index (χ4n) is 3.37. The molecule has 0 aromatic heterocycles. The van der Waals surface area contributed by atoms with Gasteiger partial charge in [0, 0.05) is 0 Å². The first-order valence-corrected chi connectivity index (χ1v) is 14.2. The molecule has 7 nitrogen and oxygen atoms in total. The molecule has 0 spiro atoms. The third kappa shape index (κ3) is 18.7. The molecule has 0 unspecified atom stereocenters. The molecule has 33 heavy (non-hydrogen) atoms. The Kier molecular flexibility index (Phi) is 22.9. The Morgan fingerprint density at radius 2 is 1.15 bits per heavy atom. The topological polar surface area (TPSA) is 107 Å². The minimum Gasteiger partial charge on any atom is -1.00 e. The number of hydrogen-bond donors (Lipinski definition) is 1. The van der Waals surface area contributed by atoms with Crippen molar-refractivity contribution in [3.63, 3.8) is 0 Å². The normalized spacial score (nSPS) is 11.5. The second-order valence-electron chi connectivity index (χ2n) is 7.83. The van der Waals surface area contributed by atoms with Crippen LogP contribution in [0.4, 0.5) is 0 Å². The zero-order valence-electron chi connectivity index (χ0n) is 22.6. The first kappa shape index (κ1) is 36.0. The van der Waals surface area contributed by atoms with Gasteiger partial charge in [0.15, 0.2) is 5.75 Å². The predicted molar refractivity (Wildman–Crippen MR) is 124 cm³/mol. The first-order chi connectivity index (χ1) is 14.8. The standard InChI is InChI=1S/C22H38O7S2.2Na.2H/c1-2-3-4-5-6-7-8-9-10-11-12-13-14-17-20-28-30(23,24)22-19-16-15-18-21(22)29-31(25,26)27;;;;/h15-16,18-19H,2-14,17,20H2,1H3,(H,25,26,27);;;;/q;2*+1;2*-1. The van der Waals surface area contributed by atoms with Gasteiger partial charge in [-0.3, -0.25) is 8.74 Å². The molecule has 1 rings (SSSR count). The molecule has 1 aromatic rings. The molecule has 11 heteroatoms. The van der Waals surface area contributed by atoms with Gasteiger partial charge in [0.25, 0.3) is 0 Å². The van der Waals surface area contributed by atoms with Crippen molar-refractivity contribution in [2.75, 3.05) is 6.61 Å². The number of unbranched alkanes of at least 4 members (excludes halogenated alkanes) is 13. The van der Waals surface area contributed by atoms with E-state index in [0.717, 1.165) is 25.3 Å². The third-order valence-corrected chi connectivity index (χ3v) is 6.79. The van der Waals surface area contributed by atoms with Crippen LogP contribution in [0.1, 0.15) is 99.7 Å². The second kappa shape index (κ2) is 21.0. The van der Waals surface area contributed by atoms with E-state index in [0.29, 0.717) is 6.42 Å². The van der Waals surface area contributed by atoms with Gasteiger partial charge < -0.3 is 7.04 Å². The summed E-state index contributed by atoms with van der Waals surface area (Å²) in [6, 6.07) is 5.12. The van der Waals surface area contributed by atoms with Crippen molar-refractivity contribution < 1.29 is 91.7 Å². The summed E-state index contributed by atoms with van der Waals surface area (Å²) in [5.41, 5.74) is 0. The number of hydrogen-bond acceptors (Lipinski definition) is 6. The van der Waals surface area contributed by atoms with Crippen molar-refractivity contribution in [2.24, 2.45) is 0 Å². The average molecular weight is 527 g/mol. The summed E-state index contributed by atoms with van der Waals surface area (Å²) >= 11 is 0. The summed E-state index contributed by atoms with van der Waals surface area (Å²) in [6.45, 7) is 2.25. The number of para-hydroxylation sites is 1. The minimum atomic E-state index is -4.83. The van der Waals surface area contributed by atoms with E-state index in [2.05, 4.69) is 11.1 Å². The molecule has 0 amide bonds. The van der Waals surface area contributed by atoms with Crippen LogP contribution >= 0.6 is 0 Å². The van der Waals surface area contributed by atoms with Crippen LogP contribution in [0.25, 0.3) is 0 Å². The molecule has 184 valence electrons. The summed E-state index contributed by atoms with van der Waals surface area (Å²) < 4.78 is 64.5. The van der Waals surface area contributed by atoms with E-state index in [4.69, 9.17) is 8.74 Å². The molecule has 0 atom stereocenters. The summed E-state index contributed by atoms with van der Waals surface area (Å²) in [4.78, 5) is -0.432. The molecule has 0 aliphatic heterocycles. The van der Waals surface area contributed by atoms with E-state index < -0.39 is 31.2 Å². The van der Waals surface area contributed by atoms with Gasteiger partial charge in [-0.05, 0) is 18.6 Å². The van der Waals surface area contributed by atoms with E-state index in [9.17, 15) is 16.8 Å². The van der Waals surface area contributed by atoms with Crippen LogP contribution in [0, 0.1) is 0 Å². The molecule has 0 saturated heterocycles. The fraction of sp³-hybridized carbons (Fsp3) is 0.727. The molecule has 0 heterocycles. The Labute approximate surface area is 248 Å².